The van der Waals surface area contributed by atoms with Gasteiger partial charge in [0.2, 0.25) is 5.91 Å². The molecule has 4 rings (SSSR count). The topological polar surface area (TPSA) is 41.6 Å². The van der Waals surface area contributed by atoms with Crippen molar-refractivity contribution in [3.8, 4) is 0 Å². The molecule has 4 atom stereocenters. The van der Waals surface area contributed by atoms with Crippen molar-refractivity contribution in [1.82, 2.24) is 10.2 Å². The van der Waals surface area contributed by atoms with Gasteiger partial charge in [-0.2, -0.15) is 0 Å². The van der Waals surface area contributed by atoms with Gasteiger partial charge in [-0.25, -0.2) is 0 Å². The van der Waals surface area contributed by atoms with Crippen LogP contribution in [-0.2, 0) is 9.53 Å². The standard InChI is InChI=1S/C22H32N2O2/c1-3-15(2)24-13-19-17-6-4-5-7-18(17)22(20(19)14-24)23-21(25)12-16-8-10-26-11-9-16/h4-7,15-16,19-20,22H,3,8-14H2,1-2H3,(H,23,25)/t15?,19-,20-,22+/m0/s1. The molecule has 4 heteroatoms. The molecular weight excluding hydrogens is 324 g/mol. The van der Waals surface area contributed by atoms with Crippen LogP contribution in [-0.4, -0.2) is 43.2 Å². The maximum absolute atomic E-state index is 12.8. The molecule has 1 amide bonds. The van der Waals surface area contributed by atoms with Gasteiger partial charge in [0, 0.05) is 50.6 Å². The van der Waals surface area contributed by atoms with Gasteiger partial charge in [-0.3, -0.25) is 9.69 Å². The molecule has 1 unspecified atom stereocenters. The zero-order chi connectivity index (χ0) is 18.1. The second-order valence-corrected chi connectivity index (χ2v) is 8.42. The minimum atomic E-state index is 0.178. The Bertz CT molecular complexity index is 641. The molecule has 1 aromatic carbocycles. The molecule has 4 nitrogen and oxygen atoms in total. The molecule has 0 saturated carbocycles. The summed E-state index contributed by atoms with van der Waals surface area (Å²) in [4.78, 5) is 15.4. The van der Waals surface area contributed by atoms with E-state index in [2.05, 4.69) is 48.3 Å². The van der Waals surface area contributed by atoms with E-state index >= 15 is 0 Å². The van der Waals surface area contributed by atoms with Crippen LogP contribution in [0.25, 0.3) is 0 Å². The summed E-state index contributed by atoms with van der Waals surface area (Å²) in [6.07, 6.45) is 3.86. The highest BCUT2D eigenvalue weighted by Gasteiger charge is 2.47. The third kappa shape index (κ3) is 3.41. The number of rotatable bonds is 5. The summed E-state index contributed by atoms with van der Waals surface area (Å²) in [5.74, 6) is 1.78. The fraction of sp³-hybridized carbons (Fsp3) is 0.682. The van der Waals surface area contributed by atoms with Crippen LogP contribution in [0.15, 0.2) is 24.3 Å². The number of ether oxygens (including phenoxy) is 1. The molecule has 2 fully saturated rings. The Morgan fingerprint density at radius 1 is 1.23 bits per heavy atom. The Morgan fingerprint density at radius 3 is 2.69 bits per heavy atom. The molecule has 3 aliphatic rings. The van der Waals surface area contributed by atoms with Gasteiger partial charge < -0.3 is 10.1 Å². The molecule has 2 aliphatic heterocycles. The third-order valence-electron chi connectivity index (χ3n) is 6.90. The molecule has 0 aromatic heterocycles. The Labute approximate surface area is 157 Å². The van der Waals surface area contributed by atoms with E-state index < -0.39 is 0 Å². The highest BCUT2D eigenvalue weighted by molar-refractivity contribution is 5.77. The van der Waals surface area contributed by atoms with E-state index in [9.17, 15) is 4.79 Å². The first-order valence-corrected chi connectivity index (χ1v) is 10.4. The summed E-state index contributed by atoms with van der Waals surface area (Å²) in [6, 6.07) is 9.56. The normalized spacial score (nSPS) is 30.0. The van der Waals surface area contributed by atoms with Gasteiger partial charge in [0.25, 0.3) is 0 Å². The zero-order valence-electron chi connectivity index (χ0n) is 16.1. The molecule has 0 bridgehead atoms. The number of fused-ring (bicyclic) bond motifs is 3. The van der Waals surface area contributed by atoms with E-state index in [4.69, 9.17) is 4.74 Å². The first-order valence-electron chi connectivity index (χ1n) is 10.4. The highest BCUT2D eigenvalue weighted by Crippen LogP contribution is 2.49. The van der Waals surface area contributed by atoms with Gasteiger partial charge in [0.05, 0.1) is 6.04 Å². The Hall–Kier alpha value is -1.39. The first-order chi connectivity index (χ1) is 12.7. The monoisotopic (exact) mass is 356 g/mol. The Balaban J connectivity index is 1.48. The van der Waals surface area contributed by atoms with Crippen molar-refractivity contribution >= 4 is 5.91 Å². The Kier molecular flexibility index (Phi) is 5.32. The molecule has 1 aromatic rings. The molecule has 2 heterocycles. The quantitative estimate of drug-likeness (QED) is 0.878. The molecular formula is C22H32N2O2. The van der Waals surface area contributed by atoms with E-state index in [1.807, 2.05) is 0 Å². The maximum Gasteiger partial charge on any atom is 0.220 e. The minimum absolute atomic E-state index is 0.178. The van der Waals surface area contributed by atoms with Crippen molar-refractivity contribution < 1.29 is 9.53 Å². The number of likely N-dealkylation sites (tertiary alicyclic amines) is 1. The molecule has 1 aliphatic carbocycles. The average molecular weight is 357 g/mol. The molecule has 0 spiro atoms. The number of hydrogen-bond donors (Lipinski definition) is 1. The van der Waals surface area contributed by atoms with Gasteiger partial charge in [-0.15, -0.1) is 0 Å². The van der Waals surface area contributed by atoms with Crippen LogP contribution in [0.4, 0.5) is 0 Å². The fourth-order valence-electron chi connectivity index (χ4n) is 5.14. The van der Waals surface area contributed by atoms with Crippen LogP contribution in [0.1, 0.15) is 62.6 Å². The van der Waals surface area contributed by atoms with Crippen LogP contribution in [0, 0.1) is 11.8 Å². The number of hydrogen-bond acceptors (Lipinski definition) is 3. The van der Waals surface area contributed by atoms with Gasteiger partial charge in [0.1, 0.15) is 0 Å². The van der Waals surface area contributed by atoms with Crippen LogP contribution in [0.3, 0.4) is 0 Å². The number of nitrogens with one attached hydrogen (secondary N) is 1. The van der Waals surface area contributed by atoms with Crippen molar-refractivity contribution in [3.05, 3.63) is 35.4 Å². The lowest BCUT2D eigenvalue weighted by Crippen LogP contribution is -2.36. The summed E-state index contributed by atoms with van der Waals surface area (Å²) in [5.41, 5.74) is 2.81. The average Bonchev–Trinajstić information content (AvgIpc) is 3.21. The number of carbonyl (C=O) groups is 1. The summed E-state index contributed by atoms with van der Waals surface area (Å²) in [6.45, 7) is 8.42. The lowest BCUT2D eigenvalue weighted by Gasteiger charge is -2.27. The second kappa shape index (κ2) is 7.69. The summed E-state index contributed by atoms with van der Waals surface area (Å²) in [7, 11) is 0. The molecule has 26 heavy (non-hydrogen) atoms. The van der Waals surface area contributed by atoms with E-state index in [1.165, 1.54) is 17.5 Å². The fourth-order valence-corrected chi connectivity index (χ4v) is 5.14. The second-order valence-electron chi connectivity index (χ2n) is 8.42. The smallest absolute Gasteiger partial charge is 0.220 e. The maximum atomic E-state index is 12.8. The lowest BCUT2D eigenvalue weighted by molar-refractivity contribution is -0.123. The molecule has 1 N–H and O–H groups in total. The van der Waals surface area contributed by atoms with Crippen LogP contribution < -0.4 is 5.32 Å². The number of carbonyl (C=O) groups excluding carboxylic acids is 1. The zero-order valence-corrected chi connectivity index (χ0v) is 16.1. The summed E-state index contributed by atoms with van der Waals surface area (Å²) in [5, 5.41) is 3.42. The van der Waals surface area contributed by atoms with Crippen molar-refractivity contribution in [2.24, 2.45) is 11.8 Å². The number of nitrogens with zero attached hydrogens (tertiary/aromatic N) is 1. The van der Waals surface area contributed by atoms with E-state index in [0.717, 1.165) is 39.1 Å². The minimum Gasteiger partial charge on any atom is -0.381 e. The van der Waals surface area contributed by atoms with Crippen LogP contribution in [0.5, 0.6) is 0 Å². The van der Waals surface area contributed by atoms with Crippen LogP contribution >= 0.6 is 0 Å². The largest absolute Gasteiger partial charge is 0.381 e. The third-order valence-corrected chi connectivity index (χ3v) is 6.90. The van der Waals surface area contributed by atoms with Crippen LogP contribution in [0.2, 0.25) is 0 Å². The molecule has 2 saturated heterocycles. The molecule has 142 valence electrons. The summed E-state index contributed by atoms with van der Waals surface area (Å²) >= 11 is 0. The van der Waals surface area contributed by atoms with Gasteiger partial charge in [0.15, 0.2) is 0 Å². The highest BCUT2D eigenvalue weighted by atomic mass is 16.5. The molecule has 0 radical (unpaired) electrons. The number of amides is 1. The predicted molar refractivity (Wildman–Crippen MR) is 103 cm³/mol. The van der Waals surface area contributed by atoms with E-state index in [0.29, 0.717) is 30.2 Å². The predicted octanol–water partition coefficient (Wildman–Crippen LogP) is 3.49. The summed E-state index contributed by atoms with van der Waals surface area (Å²) < 4.78 is 5.43. The van der Waals surface area contributed by atoms with Crippen molar-refractivity contribution in [2.75, 3.05) is 26.3 Å². The van der Waals surface area contributed by atoms with Crippen molar-refractivity contribution in [2.45, 2.75) is 57.5 Å². The van der Waals surface area contributed by atoms with E-state index in [-0.39, 0.29) is 11.9 Å². The van der Waals surface area contributed by atoms with Gasteiger partial charge in [-0.05, 0) is 43.2 Å². The van der Waals surface area contributed by atoms with Crippen molar-refractivity contribution in [1.29, 1.82) is 0 Å². The van der Waals surface area contributed by atoms with Gasteiger partial charge >= 0.3 is 0 Å². The van der Waals surface area contributed by atoms with E-state index in [1.54, 1.807) is 0 Å². The van der Waals surface area contributed by atoms with Crippen molar-refractivity contribution in [3.63, 3.8) is 0 Å². The lowest BCUT2D eigenvalue weighted by atomic mass is 9.93. The SMILES string of the molecule is CCC(C)N1C[C@@H]2[C@H](NC(=O)CC3CCOCC3)c3ccccc3[C@@H]2C1. The number of benzene rings is 1. The Morgan fingerprint density at radius 2 is 1.96 bits per heavy atom. The first kappa shape index (κ1) is 18.0. The van der Waals surface area contributed by atoms with Gasteiger partial charge in [-0.1, -0.05) is 31.2 Å².